The van der Waals surface area contributed by atoms with Crippen LogP contribution in [0.3, 0.4) is 0 Å². The minimum atomic E-state index is -3.70. The molecule has 0 saturated carbocycles. The van der Waals surface area contributed by atoms with Gasteiger partial charge in [0.1, 0.15) is 5.82 Å². The van der Waals surface area contributed by atoms with E-state index in [0.717, 1.165) is 12.1 Å². The summed E-state index contributed by atoms with van der Waals surface area (Å²) in [7, 11) is -2.42. The molecule has 0 aliphatic carbocycles. The molecule has 0 spiro atoms. The second-order valence-corrected chi connectivity index (χ2v) is 7.73. The Morgan fingerprint density at radius 2 is 1.89 bits per heavy atom. The third-order valence-electron chi connectivity index (χ3n) is 3.52. The second kappa shape index (κ2) is 8.47. The Balaban J connectivity index is 2.04. The van der Waals surface area contributed by atoms with Gasteiger partial charge in [-0.3, -0.25) is 4.79 Å². The predicted molar refractivity (Wildman–Crippen MR) is 97.7 cm³/mol. The van der Waals surface area contributed by atoms with Gasteiger partial charge in [0.05, 0.1) is 10.5 Å². The molecule has 27 heavy (non-hydrogen) atoms. The van der Waals surface area contributed by atoms with E-state index in [2.05, 4.69) is 10.0 Å². The fraction of sp³-hybridized carbons (Fsp3) is 0.176. The van der Waals surface area contributed by atoms with E-state index in [-0.39, 0.29) is 21.2 Å². The van der Waals surface area contributed by atoms with Crippen LogP contribution in [0.4, 0.5) is 10.1 Å². The molecule has 0 aliphatic rings. The number of carbonyl (C=O) groups excluding carboxylic acids is 2. The highest BCUT2D eigenvalue weighted by Gasteiger charge is 2.17. The molecule has 0 fully saturated rings. The monoisotopic (exact) mass is 414 g/mol. The molecule has 0 bridgehead atoms. The molecule has 1 amide bonds. The third-order valence-corrected chi connectivity index (χ3v) is 5.31. The molecule has 144 valence electrons. The first-order chi connectivity index (χ1) is 12.6. The number of aryl methyl sites for hydroxylation is 1. The van der Waals surface area contributed by atoms with Crippen molar-refractivity contribution in [3.63, 3.8) is 0 Å². The van der Waals surface area contributed by atoms with Gasteiger partial charge in [0.15, 0.2) is 6.61 Å². The van der Waals surface area contributed by atoms with Gasteiger partial charge in [-0.1, -0.05) is 17.7 Å². The number of halogens is 2. The molecule has 0 saturated heterocycles. The number of sulfonamides is 1. The van der Waals surface area contributed by atoms with Crippen LogP contribution in [0.2, 0.25) is 5.02 Å². The van der Waals surface area contributed by atoms with Gasteiger partial charge in [-0.15, -0.1) is 0 Å². The van der Waals surface area contributed by atoms with Crippen molar-refractivity contribution in [1.29, 1.82) is 0 Å². The quantitative estimate of drug-likeness (QED) is 0.707. The number of rotatable bonds is 6. The minimum absolute atomic E-state index is 0.00281. The zero-order chi connectivity index (χ0) is 20.2. The van der Waals surface area contributed by atoms with Crippen LogP contribution in [0.1, 0.15) is 15.9 Å². The van der Waals surface area contributed by atoms with Crippen LogP contribution >= 0.6 is 11.6 Å². The average Bonchev–Trinajstić information content (AvgIpc) is 2.61. The molecule has 0 aromatic heterocycles. The van der Waals surface area contributed by atoms with Gasteiger partial charge in [-0.2, -0.15) is 0 Å². The van der Waals surface area contributed by atoms with E-state index < -0.39 is 34.3 Å². The number of benzene rings is 2. The zero-order valence-corrected chi connectivity index (χ0v) is 15.9. The number of carbonyl (C=O) groups is 2. The van der Waals surface area contributed by atoms with Gasteiger partial charge in [0, 0.05) is 10.7 Å². The number of amides is 1. The summed E-state index contributed by atoms with van der Waals surface area (Å²) >= 11 is 5.60. The van der Waals surface area contributed by atoms with Crippen LogP contribution in [-0.2, 0) is 19.6 Å². The highest BCUT2D eigenvalue weighted by atomic mass is 35.5. The summed E-state index contributed by atoms with van der Waals surface area (Å²) in [5.41, 5.74) is 0.338. The Kier molecular flexibility index (Phi) is 6.53. The van der Waals surface area contributed by atoms with Crippen molar-refractivity contribution in [2.24, 2.45) is 0 Å². The molecule has 2 N–H and O–H groups in total. The van der Waals surface area contributed by atoms with Crippen molar-refractivity contribution >= 4 is 39.2 Å². The van der Waals surface area contributed by atoms with Gasteiger partial charge in [-0.05, 0) is 49.9 Å². The van der Waals surface area contributed by atoms with Gasteiger partial charge < -0.3 is 10.1 Å². The number of anilines is 1. The number of hydrogen-bond donors (Lipinski definition) is 2. The lowest BCUT2D eigenvalue weighted by molar-refractivity contribution is -0.119. The van der Waals surface area contributed by atoms with Gasteiger partial charge >= 0.3 is 5.97 Å². The molecule has 2 aromatic carbocycles. The maximum absolute atomic E-state index is 13.7. The summed E-state index contributed by atoms with van der Waals surface area (Å²) in [4.78, 5) is 23.8. The number of esters is 1. The Bertz CT molecular complexity index is 995. The molecule has 2 rings (SSSR count). The van der Waals surface area contributed by atoms with Gasteiger partial charge in [0.2, 0.25) is 10.0 Å². The second-order valence-electron chi connectivity index (χ2n) is 5.44. The first kappa shape index (κ1) is 20.8. The summed E-state index contributed by atoms with van der Waals surface area (Å²) < 4.78 is 44.5. The Labute approximate surface area is 160 Å². The van der Waals surface area contributed by atoms with Crippen LogP contribution < -0.4 is 10.0 Å². The first-order valence-electron chi connectivity index (χ1n) is 7.60. The Morgan fingerprint density at radius 3 is 2.52 bits per heavy atom. The van der Waals surface area contributed by atoms with E-state index in [0.29, 0.717) is 5.56 Å². The molecular weight excluding hydrogens is 399 g/mol. The fourth-order valence-electron chi connectivity index (χ4n) is 2.14. The molecule has 0 unspecified atom stereocenters. The van der Waals surface area contributed by atoms with Gasteiger partial charge in [-0.25, -0.2) is 22.3 Å². The Morgan fingerprint density at radius 1 is 1.19 bits per heavy atom. The molecule has 0 aliphatic heterocycles. The van der Waals surface area contributed by atoms with Crippen LogP contribution in [0.15, 0.2) is 41.3 Å². The lowest BCUT2D eigenvalue weighted by Crippen LogP contribution is -2.22. The SMILES string of the molecule is CNS(=O)(=O)c1cc(NC(=O)COC(=O)c2ccc(Cl)cc2F)ccc1C. The maximum atomic E-state index is 13.7. The van der Waals surface area contributed by atoms with E-state index >= 15 is 0 Å². The molecule has 0 heterocycles. The molecule has 10 heteroatoms. The van der Waals surface area contributed by atoms with Crippen molar-refractivity contribution in [2.75, 3.05) is 19.0 Å². The fourth-order valence-corrected chi connectivity index (χ4v) is 3.29. The summed E-state index contributed by atoms with van der Waals surface area (Å²) in [5, 5.41) is 2.53. The highest BCUT2D eigenvalue weighted by Crippen LogP contribution is 2.20. The maximum Gasteiger partial charge on any atom is 0.341 e. The lowest BCUT2D eigenvalue weighted by atomic mass is 10.2. The third kappa shape index (κ3) is 5.25. The summed E-state index contributed by atoms with van der Waals surface area (Å²) in [6.07, 6.45) is 0. The van der Waals surface area contributed by atoms with Crippen LogP contribution in [0.25, 0.3) is 0 Å². The number of hydrogen-bond acceptors (Lipinski definition) is 5. The molecule has 2 aromatic rings. The highest BCUT2D eigenvalue weighted by molar-refractivity contribution is 7.89. The van der Waals surface area contributed by atoms with Crippen molar-refractivity contribution in [3.05, 3.63) is 58.4 Å². The molecule has 7 nitrogen and oxygen atoms in total. The van der Waals surface area contributed by atoms with Crippen molar-refractivity contribution < 1.29 is 27.1 Å². The average molecular weight is 415 g/mol. The summed E-state index contributed by atoms with van der Waals surface area (Å²) in [6, 6.07) is 7.72. The van der Waals surface area contributed by atoms with Crippen LogP contribution in [0, 0.1) is 12.7 Å². The van der Waals surface area contributed by atoms with Gasteiger partial charge in [0.25, 0.3) is 5.91 Å². The zero-order valence-electron chi connectivity index (χ0n) is 14.4. The predicted octanol–water partition coefficient (Wildman–Crippen LogP) is 2.49. The molecular formula is C17H16ClFN2O5S. The molecule has 0 radical (unpaired) electrons. The lowest BCUT2D eigenvalue weighted by Gasteiger charge is -2.11. The van der Waals surface area contributed by atoms with Crippen LogP contribution in [0.5, 0.6) is 0 Å². The number of ether oxygens (including phenoxy) is 1. The number of nitrogens with one attached hydrogen (secondary N) is 2. The van der Waals surface area contributed by atoms with E-state index in [1.54, 1.807) is 6.92 Å². The minimum Gasteiger partial charge on any atom is -0.452 e. The standard InChI is InChI=1S/C17H16ClFN2O5S/c1-10-3-5-12(8-15(10)27(24,25)20-2)21-16(22)9-26-17(23)13-6-4-11(18)7-14(13)19/h3-8,20H,9H2,1-2H3,(H,21,22). The van der Waals surface area contributed by atoms with E-state index in [1.807, 2.05) is 0 Å². The van der Waals surface area contributed by atoms with Crippen molar-refractivity contribution in [3.8, 4) is 0 Å². The van der Waals surface area contributed by atoms with E-state index in [1.165, 1.54) is 31.3 Å². The Hall–Kier alpha value is -2.49. The van der Waals surface area contributed by atoms with Crippen molar-refractivity contribution in [1.82, 2.24) is 4.72 Å². The topological polar surface area (TPSA) is 102 Å². The van der Waals surface area contributed by atoms with E-state index in [9.17, 15) is 22.4 Å². The summed E-state index contributed by atoms with van der Waals surface area (Å²) in [5.74, 6) is -2.61. The molecule has 0 atom stereocenters. The van der Waals surface area contributed by atoms with Crippen LogP contribution in [-0.4, -0.2) is 33.9 Å². The van der Waals surface area contributed by atoms with Crippen molar-refractivity contribution in [2.45, 2.75) is 11.8 Å². The largest absolute Gasteiger partial charge is 0.452 e. The summed E-state index contributed by atoms with van der Waals surface area (Å²) in [6.45, 7) is 0.932. The smallest absolute Gasteiger partial charge is 0.341 e. The van der Waals surface area contributed by atoms with E-state index in [4.69, 9.17) is 16.3 Å². The first-order valence-corrected chi connectivity index (χ1v) is 9.46. The normalized spacial score (nSPS) is 11.1.